The first-order valence-electron chi connectivity index (χ1n) is 4.89. The van der Waals surface area contributed by atoms with Crippen LogP contribution in [0.5, 0.6) is 0 Å². The van der Waals surface area contributed by atoms with Crippen LogP contribution in [0.3, 0.4) is 0 Å². The van der Waals surface area contributed by atoms with Crippen molar-refractivity contribution in [1.82, 2.24) is 4.37 Å². The lowest BCUT2D eigenvalue weighted by Crippen LogP contribution is -2.33. The van der Waals surface area contributed by atoms with Gasteiger partial charge in [-0.3, -0.25) is 4.79 Å². The maximum atomic E-state index is 11.2. The van der Waals surface area contributed by atoms with E-state index >= 15 is 0 Å². The molecule has 2 rings (SSSR count). The largest absolute Gasteiger partial charge is 0.468 e. The van der Waals surface area contributed by atoms with Crippen molar-refractivity contribution >= 4 is 27.6 Å². The van der Waals surface area contributed by atoms with Crippen molar-refractivity contribution in [2.45, 2.75) is 12.5 Å². The van der Waals surface area contributed by atoms with Crippen LogP contribution in [0.2, 0.25) is 0 Å². The minimum Gasteiger partial charge on any atom is -0.468 e. The molecule has 0 radical (unpaired) electrons. The predicted octanol–water partition coefficient (Wildman–Crippen LogP) is 1.34. The van der Waals surface area contributed by atoms with Crippen LogP contribution in [0, 0.1) is 0 Å². The molecule has 2 N–H and O–H groups in total. The summed E-state index contributed by atoms with van der Waals surface area (Å²) in [5, 5.41) is 1.06. The average molecular weight is 236 g/mol. The highest BCUT2D eigenvalue weighted by Crippen LogP contribution is 2.22. The quantitative estimate of drug-likeness (QED) is 0.817. The van der Waals surface area contributed by atoms with Gasteiger partial charge in [0.15, 0.2) is 0 Å². The number of hydrogen-bond acceptors (Lipinski definition) is 5. The molecular weight excluding hydrogens is 224 g/mol. The maximum absolute atomic E-state index is 11.2. The van der Waals surface area contributed by atoms with Gasteiger partial charge in [-0.25, -0.2) is 0 Å². The zero-order valence-corrected chi connectivity index (χ0v) is 9.66. The summed E-state index contributed by atoms with van der Waals surface area (Å²) in [6, 6.07) is 7.25. The van der Waals surface area contributed by atoms with Gasteiger partial charge in [-0.2, -0.15) is 4.37 Å². The smallest absolute Gasteiger partial charge is 0.323 e. The number of fused-ring (bicyclic) bond motifs is 1. The molecule has 0 saturated heterocycles. The molecule has 0 fully saturated rings. The standard InChI is InChI=1S/C11H12N2O2S/c1-15-11(14)8(12)6-9-7-4-2-3-5-10(7)16-13-9/h2-5,8H,6,12H2,1H3. The molecule has 4 nitrogen and oxygen atoms in total. The average Bonchev–Trinajstić information content (AvgIpc) is 2.72. The minimum atomic E-state index is -0.643. The number of ether oxygens (including phenoxy) is 1. The summed E-state index contributed by atoms with van der Waals surface area (Å²) in [4.78, 5) is 11.2. The topological polar surface area (TPSA) is 65.2 Å². The summed E-state index contributed by atoms with van der Waals surface area (Å²) in [6.07, 6.45) is 0.413. The molecule has 1 heterocycles. The third kappa shape index (κ3) is 2.05. The van der Waals surface area contributed by atoms with E-state index in [1.165, 1.54) is 18.6 Å². The lowest BCUT2D eigenvalue weighted by Gasteiger charge is -2.06. The van der Waals surface area contributed by atoms with Crippen LogP contribution >= 0.6 is 11.5 Å². The first kappa shape index (κ1) is 11.0. The summed E-state index contributed by atoms with van der Waals surface area (Å²) < 4.78 is 10.00. The second-order valence-corrected chi connectivity index (χ2v) is 4.26. The number of nitrogens with two attached hydrogens (primary N) is 1. The van der Waals surface area contributed by atoms with Crippen LogP contribution in [-0.2, 0) is 16.0 Å². The van der Waals surface area contributed by atoms with Crippen molar-refractivity contribution in [1.29, 1.82) is 0 Å². The van der Waals surface area contributed by atoms with Crippen LogP contribution < -0.4 is 5.73 Å². The third-order valence-electron chi connectivity index (χ3n) is 2.37. The van der Waals surface area contributed by atoms with Crippen LogP contribution in [0.25, 0.3) is 10.1 Å². The van der Waals surface area contributed by atoms with Crippen molar-refractivity contribution in [2.24, 2.45) is 5.73 Å². The molecule has 0 aliphatic heterocycles. The predicted molar refractivity (Wildman–Crippen MR) is 63.3 cm³/mol. The first-order chi connectivity index (χ1) is 7.72. The zero-order valence-electron chi connectivity index (χ0n) is 8.84. The fraction of sp³-hybridized carbons (Fsp3) is 0.273. The molecule has 2 aromatic rings. The molecule has 0 spiro atoms. The van der Waals surface area contributed by atoms with Crippen LogP contribution in [0.15, 0.2) is 24.3 Å². The highest BCUT2D eigenvalue weighted by Gasteiger charge is 2.17. The Labute approximate surface area is 97.2 Å². The second kappa shape index (κ2) is 4.59. The number of benzene rings is 1. The summed E-state index contributed by atoms with van der Waals surface area (Å²) in [6.45, 7) is 0. The second-order valence-electron chi connectivity index (χ2n) is 3.46. The minimum absolute atomic E-state index is 0.405. The Hall–Kier alpha value is -1.46. The molecule has 1 aromatic carbocycles. The monoisotopic (exact) mass is 236 g/mol. The molecule has 0 bridgehead atoms. The molecule has 1 unspecified atom stereocenters. The highest BCUT2D eigenvalue weighted by atomic mass is 32.1. The lowest BCUT2D eigenvalue weighted by molar-refractivity contribution is -0.142. The van der Waals surface area contributed by atoms with Crippen molar-refractivity contribution < 1.29 is 9.53 Å². The van der Waals surface area contributed by atoms with Gasteiger partial charge in [0.2, 0.25) is 0 Å². The van der Waals surface area contributed by atoms with E-state index in [-0.39, 0.29) is 0 Å². The van der Waals surface area contributed by atoms with E-state index in [1.54, 1.807) is 0 Å². The zero-order chi connectivity index (χ0) is 11.5. The van der Waals surface area contributed by atoms with E-state index in [2.05, 4.69) is 9.11 Å². The van der Waals surface area contributed by atoms with Crippen molar-refractivity contribution in [3.8, 4) is 0 Å². The Kier molecular flexibility index (Phi) is 3.17. The Balaban J connectivity index is 2.24. The van der Waals surface area contributed by atoms with Crippen molar-refractivity contribution in [3.63, 3.8) is 0 Å². The molecule has 0 saturated carbocycles. The maximum Gasteiger partial charge on any atom is 0.323 e. The molecular formula is C11H12N2O2S. The van der Waals surface area contributed by atoms with E-state index in [1.807, 2.05) is 24.3 Å². The number of rotatable bonds is 3. The molecule has 1 atom stereocenters. The number of aromatic nitrogens is 1. The molecule has 0 aliphatic rings. The third-order valence-corrected chi connectivity index (χ3v) is 3.23. The summed E-state index contributed by atoms with van der Waals surface area (Å²) in [5.41, 5.74) is 6.56. The van der Waals surface area contributed by atoms with Crippen molar-refractivity contribution in [2.75, 3.05) is 7.11 Å². The first-order valence-corrected chi connectivity index (χ1v) is 5.66. The van der Waals surface area contributed by atoms with E-state index in [0.717, 1.165) is 15.8 Å². The summed E-state index contributed by atoms with van der Waals surface area (Å²) >= 11 is 1.42. The number of nitrogens with zero attached hydrogens (tertiary/aromatic N) is 1. The van der Waals surface area contributed by atoms with Crippen LogP contribution in [0.4, 0.5) is 0 Å². The Morgan fingerprint density at radius 1 is 1.56 bits per heavy atom. The Morgan fingerprint density at radius 3 is 3.06 bits per heavy atom. The summed E-state index contributed by atoms with van der Waals surface area (Å²) in [7, 11) is 1.33. The Morgan fingerprint density at radius 2 is 2.31 bits per heavy atom. The van der Waals surface area contributed by atoms with E-state index in [9.17, 15) is 4.79 Å². The number of hydrogen-bond donors (Lipinski definition) is 1. The van der Waals surface area contributed by atoms with Crippen LogP contribution in [0.1, 0.15) is 5.69 Å². The van der Waals surface area contributed by atoms with Gasteiger partial charge in [-0.1, -0.05) is 18.2 Å². The molecule has 0 amide bonds. The van der Waals surface area contributed by atoms with Gasteiger partial charge in [0.1, 0.15) is 6.04 Å². The number of carbonyl (C=O) groups excluding carboxylic acids is 1. The number of methoxy groups -OCH3 is 1. The van der Waals surface area contributed by atoms with E-state index in [4.69, 9.17) is 5.73 Å². The highest BCUT2D eigenvalue weighted by molar-refractivity contribution is 7.13. The van der Waals surface area contributed by atoms with Crippen LogP contribution in [-0.4, -0.2) is 23.5 Å². The number of esters is 1. The Bertz CT molecular complexity index is 509. The van der Waals surface area contributed by atoms with Gasteiger partial charge in [0.05, 0.1) is 17.5 Å². The normalized spacial score (nSPS) is 12.6. The van der Waals surface area contributed by atoms with Gasteiger partial charge in [0.25, 0.3) is 0 Å². The number of carbonyl (C=O) groups is 1. The van der Waals surface area contributed by atoms with Gasteiger partial charge < -0.3 is 10.5 Å². The molecule has 0 aliphatic carbocycles. The van der Waals surface area contributed by atoms with Gasteiger partial charge >= 0.3 is 5.97 Å². The van der Waals surface area contributed by atoms with Crippen molar-refractivity contribution in [3.05, 3.63) is 30.0 Å². The molecule has 5 heteroatoms. The fourth-order valence-corrected chi connectivity index (χ4v) is 2.33. The molecule has 16 heavy (non-hydrogen) atoms. The van der Waals surface area contributed by atoms with E-state index in [0.29, 0.717) is 6.42 Å². The fourth-order valence-electron chi connectivity index (χ4n) is 1.53. The van der Waals surface area contributed by atoms with Gasteiger partial charge in [-0.15, -0.1) is 0 Å². The van der Waals surface area contributed by atoms with Gasteiger partial charge in [-0.05, 0) is 17.6 Å². The SMILES string of the molecule is COC(=O)C(N)Cc1nsc2ccccc12. The summed E-state index contributed by atoms with van der Waals surface area (Å²) in [5.74, 6) is -0.405. The van der Waals surface area contributed by atoms with Gasteiger partial charge in [0, 0.05) is 11.8 Å². The van der Waals surface area contributed by atoms with E-state index < -0.39 is 12.0 Å². The lowest BCUT2D eigenvalue weighted by atomic mass is 10.1. The molecule has 84 valence electrons. The molecule has 1 aromatic heterocycles.